The van der Waals surface area contributed by atoms with Crippen molar-refractivity contribution in [3.05, 3.63) is 41.5 Å². The number of anilines is 1. The Kier molecular flexibility index (Phi) is 7.09. The third kappa shape index (κ3) is 4.10. The number of likely N-dealkylation sites (N-methyl/N-ethyl adjacent to an activating group) is 1. The summed E-state index contributed by atoms with van der Waals surface area (Å²) in [7, 11) is 2.13. The van der Waals surface area contributed by atoms with Gasteiger partial charge in [0.2, 0.25) is 5.89 Å². The molecule has 2 N–H and O–H groups in total. The fraction of sp³-hybridized carbons (Fsp3) is 0.429. The molecule has 0 amide bonds. The first-order chi connectivity index (χ1) is 9.76. The molecule has 0 bridgehead atoms. The van der Waals surface area contributed by atoms with Gasteiger partial charge < -0.3 is 15.2 Å². The average molecular weight is 346 g/mol. The Morgan fingerprint density at radius 3 is 2.73 bits per heavy atom. The minimum Gasteiger partial charge on any atom is -0.373 e. The third-order valence-electron chi connectivity index (χ3n) is 3.60. The van der Waals surface area contributed by atoms with Crippen LogP contribution in [-0.4, -0.2) is 35.2 Å². The van der Waals surface area contributed by atoms with Crippen molar-refractivity contribution in [3.63, 3.8) is 0 Å². The maximum absolute atomic E-state index is 5.49. The van der Waals surface area contributed by atoms with Gasteiger partial charge in [0, 0.05) is 32.4 Å². The van der Waals surface area contributed by atoms with Crippen LogP contribution in [-0.2, 0) is 19.6 Å². The van der Waals surface area contributed by atoms with Crippen molar-refractivity contribution in [1.29, 1.82) is 0 Å². The molecule has 1 aromatic heterocycles. The second-order valence-corrected chi connectivity index (χ2v) is 5.07. The first-order valence-corrected chi connectivity index (χ1v) is 6.79. The summed E-state index contributed by atoms with van der Waals surface area (Å²) in [6.07, 6.45) is 0. The molecule has 22 heavy (non-hydrogen) atoms. The molecule has 3 rings (SSSR count). The van der Waals surface area contributed by atoms with E-state index in [2.05, 4.69) is 51.3 Å². The first-order valence-electron chi connectivity index (χ1n) is 6.79. The van der Waals surface area contributed by atoms with Crippen molar-refractivity contribution in [2.24, 2.45) is 5.73 Å². The predicted octanol–water partition coefficient (Wildman–Crippen LogP) is 1.82. The highest BCUT2D eigenvalue weighted by atomic mass is 35.5. The molecule has 2 heterocycles. The number of hydrogen-bond acceptors (Lipinski definition) is 6. The van der Waals surface area contributed by atoms with E-state index in [4.69, 9.17) is 10.3 Å². The molecule has 1 aliphatic heterocycles. The number of para-hydroxylation sites is 1. The lowest BCUT2D eigenvalue weighted by Gasteiger charge is -2.19. The quantitative estimate of drug-likeness (QED) is 0.914. The number of rotatable bonds is 3. The minimum atomic E-state index is 0. The maximum Gasteiger partial charge on any atom is 0.240 e. The van der Waals surface area contributed by atoms with Crippen LogP contribution < -0.4 is 10.6 Å². The minimum absolute atomic E-state index is 0. The van der Waals surface area contributed by atoms with Gasteiger partial charge in [-0.05, 0) is 11.6 Å². The summed E-state index contributed by atoms with van der Waals surface area (Å²) in [6, 6.07) is 8.50. The van der Waals surface area contributed by atoms with Crippen LogP contribution in [0.25, 0.3) is 0 Å². The van der Waals surface area contributed by atoms with Gasteiger partial charge in [0.05, 0.1) is 13.1 Å². The Bertz CT molecular complexity index is 592. The molecule has 0 saturated carbocycles. The van der Waals surface area contributed by atoms with Gasteiger partial charge in [0.15, 0.2) is 5.82 Å². The first kappa shape index (κ1) is 18.7. The highest BCUT2D eigenvalue weighted by Crippen LogP contribution is 2.24. The molecule has 0 atom stereocenters. The predicted molar refractivity (Wildman–Crippen MR) is 90.5 cm³/mol. The van der Waals surface area contributed by atoms with Crippen molar-refractivity contribution in [2.75, 3.05) is 25.0 Å². The van der Waals surface area contributed by atoms with Crippen LogP contribution in [0.2, 0.25) is 0 Å². The lowest BCUT2D eigenvalue weighted by Crippen LogP contribution is -2.29. The molecule has 122 valence electrons. The fourth-order valence-electron chi connectivity index (χ4n) is 2.52. The lowest BCUT2D eigenvalue weighted by atomic mass is 10.1. The van der Waals surface area contributed by atoms with E-state index >= 15 is 0 Å². The highest BCUT2D eigenvalue weighted by Gasteiger charge is 2.18. The zero-order valence-corrected chi connectivity index (χ0v) is 14.1. The van der Waals surface area contributed by atoms with Gasteiger partial charge >= 0.3 is 0 Å². The summed E-state index contributed by atoms with van der Waals surface area (Å²) < 4.78 is 5.05. The van der Waals surface area contributed by atoms with Crippen LogP contribution in [0.5, 0.6) is 0 Å². The van der Waals surface area contributed by atoms with E-state index < -0.39 is 0 Å². The lowest BCUT2D eigenvalue weighted by molar-refractivity contribution is 0.257. The number of benzene rings is 1. The fourth-order valence-corrected chi connectivity index (χ4v) is 2.52. The Balaban J connectivity index is 0.00000121. The number of nitrogens with two attached hydrogens (primary N) is 1. The standard InChI is InChI=1S/C14H19N5O.2ClH/c1-18-6-7-19(9-11-4-2-3-5-12(11)18)10-13-16-14(8-15)20-17-13;;/h2-5H,6-10,15H2,1H3;2*1H. The van der Waals surface area contributed by atoms with Gasteiger partial charge in [-0.25, -0.2) is 0 Å². The molecule has 8 heteroatoms. The molecule has 0 saturated heterocycles. The number of nitrogens with zero attached hydrogens (tertiary/aromatic N) is 4. The van der Waals surface area contributed by atoms with Gasteiger partial charge in [0.1, 0.15) is 0 Å². The largest absolute Gasteiger partial charge is 0.373 e. The van der Waals surface area contributed by atoms with Crippen LogP contribution >= 0.6 is 24.8 Å². The summed E-state index contributed by atoms with van der Waals surface area (Å²) in [4.78, 5) is 8.89. The molecule has 1 aromatic carbocycles. The van der Waals surface area contributed by atoms with Crippen molar-refractivity contribution < 1.29 is 4.52 Å². The van der Waals surface area contributed by atoms with Crippen LogP contribution in [0.1, 0.15) is 17.3 Å². The number of fused-ring (bicyclic) bond motifs is 1. The van der Waals surface area contributed by atoms with E-state index in [0.29, 0.717) is 24.8 Å². The number of hydrogen-bond donors (Lipinski definition) is 1. The van der Waals surface area contributed by atoms with Gasteiger partial charge in [0.25, 0.3) is 0 Å². The molecular weight excluding hydrogens is 325 g/mol. The zero-order chi connectivity index (χ0) is 13.9. The molecule has 1 aliphatic rings. The topological polar surface area (TPSA) is 71.4 Å². The average Bonchev–Trinajstić information content (AvgIpc) is 2.86. The van der Waals surface area contributed by atoms with Crippen molar-refractivity contribution >= 4 is 30.5 Å². The third-order valence-corrected chi connectivity index (χ3v) is 3.60. The normalized spacial score (nSPS) is 14.5. The summed E-state index contributed by atoms with van der Waals surface area (Å²) in [5.74, 6) is 1.19. The Labute approximate surface area is 142 Å². The van der Waals surface area contributed by atoms with Crippen molar-refractivity contribution in [1.82, 2.24) is 15.0 Å². The summed E-state index contributed by atoms with van der Waals surface area (Å²) in [5, 5.41) is 3.97. The Morgan fingerprint density at radius 2 is 2.00 bits per heavy atom. The van der Waals surface area contributed by atoms with E-state index in [1.54, 1.807) is 0 Å². The Morgan fingerprint density at radius 1 is 1.23 bits per heavy atom. The molecule has 2 aromatic rings. The molecular formula is C14H21Cl2N5O. The highest BCUT2D eigenvalue weighted by molar-refractivity contribution is 5.85. The van der Waals surface area contributed by atoms with Gasteiger partial charge in [-0.1, -0.05) is 23.4 Å². The second kappa shape index (κ2) is 8.33. The Hall–Kier alpha value is -1.34. The van der Waals surface area contributed by atoms with Crippen molar-refractivity contribution in [3.8, 4) is 0 Å². The van der Waals surface area contributed by atoms with E-state index in [-0.39, 0.29) is 24.8 Å². The van der Waals surface area contributed by atoms with Crippen LogP contribution in [0.3, 0.4) is 0 Å². The number of halogens is 2. The van der Waals surface area contributed by atoms with E-state index in [0.717, 1.165) is 19.6 Å². The molecule has 0 fully saturated rings. The maximum atomic E-state index is 5.49. The van der Waals surface area contributed by atoms with E-state index in [9.17, 15) is 0 Å². The van der Waals surface area contributed by atoms with Gasteiger partial charge in [-0.15, -0.1) is 24.8 Å². The monoisotopic (exact) mass is 345 g/mol. The second-order valence-electron chi connectivity index (χ2n) is 5.07. The molecule has 0 spiro atoms. The molecule has 6 nitrogen and oxygen atoms in total. The smallest absolute Gasteiger partial charge is 0.240 e. The van der Waals surface area contributed by atoms with Crippen molar-refractivity contribution in [2.45, 2.75) is 19.6 Å². The molecule has 0 radical (unpaired) electrons. The number of aromatic nitrogens is 2. The summed E-state index contributed by atoms with van der Waals surface area (Å²) >= 11 is 0. The van der Waals surface area contributed by atoms with E-state index in [1.165, 1.54) is 11.3 Å². The molecule has 0 aliphatic carbocycles. The summed E-state index contributed by atoms with van der Waals surface area (Å²) in [5.41, 5.74) is 8.11. The van der Waals surface area contributed by atoms with Gasteiger partial charge in [-0.3, -0.25) is 4.90 Å². The zero-order valence-electron chi connectivity index (χ0n) is 12.4. The van der Waals surface area contributed by atoms with Gasteiger partial charge in [-0.2, -0.15) is 4.98 Å². The van der Waals surface area contributed by atoms with Crippen LogP contribution in [0.4, 0.5) is 5.69 Å². The van der Waals surface area contributed by atoms with Crippen LogP contribution in [0.15, 0.2) is 28.8 Å². The van der Waals surface area contributed by atoms with E-state index in [1.807, 2.05) is 0 Å². The molecule has 0 unspecified atom stereocenters. The SMILES string of the molecule is CN1CCN(Cc2noc(CN)n2)Cc2ccccc21.Cl.Cl. The van der Waals surface area contributed by atoms with Crippen LogP contribution in [0, 0.1) is 0 Å². The summed E-state index contributed by atoms with van der Waals surface area (Å²) in [6.45, 7) is 3.83.